The second kappa shape index (κ2) is 5.37. The largest absolute Gasteiger partial charge is 0.359 e. The molecule has 0 aromatic heterocycles. The molecule has 1 N–H and O–H groups in total. The van der Waals surface area contributed by atoms with Gasteiger partial charge in [-0.3, -0.25) is 4.99 Å². The van der Waals surface area contributed by atoms with Gasteiger partial charge in [-0.25, -0.2) is 0 Å². The second-order valence-corrected chi connectivity index (χ2v) is 4.55. The van der Waals surface area contributed by atoms with E-state index in [0.717, 1.165) is 24.3 Å². The highest BCUT2D eigenvalue weighted by molar-refractivity contribution is 8.00. The van der Waals surface area contributed by atoms with E-state index in [1.54, 1.807) is 0 Å². The molecule has 1 aliphatic heterocycles. The van der Waals surface area contributed by atoms with Gasteiger partial charge in [-0.2, -0.15) is 11.8 Å². The van der Waals surface area contributed by atoms with Crippen molar-refractivity contribution < 1.29 is 0 Å². The fraction of sp³-hybridized carbons (Fsp3) is 0.889. The van der Waals surface area contributed by atoms with E-state index in [1.807, 2.05) is 14.1 Å². The molecule has 1 heterocycles. The Kier molecular flexibility index (Phi) is 4.42. The predicted octanol–water partition coefficient (Wildman–Crippen LogP) is 1.02. The maximum absolute atomic E-state index is 4.22. The first-order chi connectivity index (χ1) is 6.31. The number of nitrogens with one attached hydrogen (secondary N) is 1. The van der Waals surface area contributed by atoms with Gasteiger partial charge < -0.3 is 10.2 Å². The molecule has 13 heavy (non-hydrogen) atoms. The van der Waals surface area contributed by atoms with Crippen LogP contribution >= 0.6 is 11.8 Å². The molecule has 76 valence electrons. The summed E-state index contributed by atoms with van der Waals surface area (Å²) in [6.07, 6.45) is 1.25. The first-order valence-corrected chi connectivity index (χ1v) is 5.87. The monoisotopic (exact) mass is 201 g/mol. The van der Waals surface area contributed by atoms with Crippen molar-refractivity contribution in [1.29, 1.82) is 0 Å². The molecule has 0 bridgehead atoms. The van der Waals surface area contributed by atoms with E-state index in [9.17, 15) is 0 Å². The molecule has 3 nitrogen and oxygen atoms in total. The van der Waals surface area contributed by atoms with Crippen LogP contribution in [0.25, 0.3) is 0 Å². The van der Waals surface area contributed by atoms with E-state index in [2.05, 4.69) is 33.9 Å². The molecule has 1 rings (SSSR count). The summed E-state index contributed by atoms with van der Waals surface area (Å²) in [6, 6.07) is 0. The highest BCUT2D eigenvalue weighted by Gasteiger charge is 2.20. The van der Waals surface area contributed by atoms with E-state index in [-0.39, 0.29) is 0 Å². The lowest BCUT2D eigenvalue weighted by Gasteiger charge is -2.33. The zero-order valence-electron chi connectivity index (χ0n) is 8.71. The second-order valence-electron chi connectivity index (χ2n) is 3.14. The van der Waals surface area contributed by atoms with Crippen LogP contribution in [-0.4, -0.2) is 49.0 Å². The fourth-order valence-electron chi connectivity index (χ4n) is 1.57. The Morgan fingerprint density at radius 1 is 1.69 bits per heavy atom. The summed E-state index contributed by atoms with van der Waals surface area (Å²) in [5, 5.41) is 3.91. The molecule has 4 heteroatoms. The van der Waals surface area contributed by atoms with Gasteiger partial charge in [-0.15, -0.1) is 0 Å². The fourth-order valence-corrected chi connectivity index (χ4v) is 2.75. The molecule has 1 fully saturated rings. The molecule has 0 aromatic rings. The van der Waals surface area contributed by atoms with Gasteiger partial charge in [-0.05, 0) is 6.42 Å². The van der Waals surface area contributed by atoms with Gasteiger partial charge in [0, 0.05) is 38.2 Å². The predicted molar refractivity (Wildman–Crippen MR) is 60.5 cm³/mol. The van der Waals surface area contributed by atoms with Crippen molar-refractivity contribution in [3.05, 3.63) is 0 Å². The Morgan fingerprint density at radius 2 is 2.46 bits per heavy atom. The minimum atomic E-state index is 0.777. The van der Waals surface area contributed by atoms with Crippen LogP contribution in [0.1, 0.15) is 13.3 Å². The summed E-state index contributed by atoms with van der Waals surface area (Å²) in [7, 11) is 3.78. The van der Waals surface area contributed by atoms with E-state index < -0.39 is 0 Å². The van der Waals surface area contributed by atoms with Crippen LogP contribution < -0.4 is 5.32 Å². The number of nitrogens with zero attached hydrogens (tertiary/aromatic N) is 2. The van der Waals surface area contributed by atoms with Gasteiger partial charge >= 0.3 is 0 Å². The Balaban J connectivity index is 2.50. The van der Waals surface area contributed by atoms with Crippen molar-refractivity contribution in [2.75, 3.05) is 32.9 Å². The molecule has 0 amide bonds. The van der Waals surface area contributed by atoms with Gasteiger partial charge in [0.25, 0.3) is 0 Å². The third kappa shape index (κ3) is 2.79. The summed E-state index contributed by atoms with van der Waals surface area (Å²) in [5.74, 6) is 2.25. The maximum Gasteiger partial charge on any atom is 0.193 e. The summed E-state index contributed by atoms with van der Waals surface area (Å²) < 4.78 is 0. The van der Waals surface area contributed by atoms with Gasteiger partial charge in [0.15, 0.2) is 5.96 Å². The van der Waals surface area contributed by atoms with Crippen molar-refractivity contribution in [2.45, 2.75) is 18.6 Å². The Bertz CT molecular complexity index is 182. The lowest BCUT2D eigenvalue weighted by Crippen LogP contribution is -2.46. The number of thioether (sulfide) groups is 1. The zero-order valence-corrected chi connectivity index (χ0v) is 9.52. The standard InChI is InChI=1S/C9H19N3S/c1-4-8-7-12(5-6-13-8)9(10-2)11-3/h8H,4-7H2,1-3H3,(H,10,11)/t8-/m1/s1. The molecule has 0 aromatic carbocycles. The quantitative estimate of drug-likeness (QED) is 0.507. The van der Waals surface area contributed by atoms with Gasteiger partial charge in [0.2, 0.25) is 0 Å². The van der Waals surface area contributed by atoms with Crippen molar-refractivity contribution in [3.63, 3.8) is 0 Å². The number of rotatable bonds is 1. The van der Waals surface area contributed by atoms with Crippen LogP contribution in [0.2, 0.25) is 0 Å². The highest BCUT2D eigenvalue weighted by Crippen LogP contribution is 2.20. The number of hydrogen-bond donors (Lipinski definition) is 1. The van der Waals surface area contributed by atoms with Crippen LogP contribution in [-0.2, 0) is 0 Å². The van der Waals surface area contributed by atoms with Crippen LogP contribution in [0, 0.1) is 0 Å². The molecule has 0 aliphatic carbocycles. The van der Waals surface area contributed by atoms with Crippen molar-refractivity contribution in [2.24, 2.45) is 4.99 Å². The van der Waals surface area contributed by atoms with Gasteiger partial charge in [-0.1, -0.05) is 6.92 Å². The van der Waals surface area contributed by atoms with Crippen LogP contribution in [0.4, 0.5) is 0 Å². The Hall–Kier alpha value is -0.380. The third-order valence-electron chi connectivity index (χ3n) is 2.33. The van der Waals surface area contributed by atoms with Crippen LogP contribution in [0.5, 0.6) is 0 Å². The smallest absolute Gasteiger partial charge is 0.193 e. The molecule has 0 radical (unpaired) electrons. The number of guanidine groups is 1. The highest BCUT2D eigenvalue weighted by atomic mass is 32.2. The summed E-state index contributed by atoms with van der Waals surface area (Å²) in [6.45, 7) is 4.51. The molecule has 0 saturated carbocycles. The Labute approximate surface area is 85.0 Å². The molecule has 0 spiro atoms. The summed E-state index contributed by atoms with van der Waals surface area (Å²) >= 11 is 2.08. The molecule has 1 saturated heterocycles. The summed E-state index contributed by atoms with van der Waals surface area (Å²) in [4.78, 5) is 6.56. The molecular formula is C9H19N3S. The molecular weight excluding hydrogens is 182 g/mol. The van der Waals surface area contributed by atoms with Crippen molar-refractivity contribution in [3.8, 4) is 0 Å². The minimum Gasteiger partial charge on any atom is -0.359 e. The first-order valence-electron chi connectivity index (χ1n) is 4.82. The summed E-state index contributed by atoms with van der Waals surface area (Å²) in [5.41, 5.74) is 0. The lowest BCUT2D eigenvalue weighted by molar-refractivity contribution is 0.412. The van der Waals surface area contributed by atoms with E-state index in [0.29, 0.717) is 0 Å². The number of hydrogen-bond acceptors (Lipinski definition) is 2. The number of aliphatic imine (C=N–C) groups is 1. The lowest BCUT2D eigenvalue weighted by atomic mass is 10.3. The normalized spacial score (nSPS) is 24.7. The molecule has 0 unspecified atom stereocenters. The van der Waals surface area contributed by atoms with E-state index in [1.165, 1.54) is 12.2 Å². The molecule has 1 atom stereocenters. The average molecular weight is 201 g/mol. The zero-order chi connectivity index (χ0) is 9.68. The third-order valence-corrected chi connectivity index (χ3v) is 3.70. The Morgan fingerprint density at radius 3 is 3.00 bits per heavy atom. The topological polar surface area (TPSA) is 27.6 Å². The van der Waals surface area contributed by atoms with E-state index >= 15 is 0 Å². The molecule has 1 aliphatic rings. The average Bonchev–Trinajstić information content (AvgIpc) is 2.20. The maximum atomic E-state index is 4.22. The van der Waals surface area contributed by atoms with Crippen LogP contribution in [0.3, 0.4) is 0 Å². The van der Waals surface area contributed by atoms with Gasteiger partial charge in [0.05, 0.1) is 0 Å². The van der Waals surface area contributed by atoms with Crippen molar-refractivity contribution in [1.82, 2.24) is 10.2 Å². The minimum absolute atomic E-state index is 0.777. The van der Waals surface area contributed by atoms with Crippen molar-refractivity contribution >= 4 is 17.7 Å². The van der Waals surface area contributed by atoms with E-state index in [4.69, 9.17) is 0 Å². The first kappa shape index (κ1) is 10.7. The van der Waals surface area contributed by atoms with Gasteiger partial charge in [0.1, 0.15) is 0 Å². The van der Waals surface area contributed by atoms with Crippen LogP contribution in [0.15, 0.2) is 4.99 Å². The SMILES string of the molecule is CC[C@@H]1CN(C(=NC)NC)CCS1.